The summed E-state index contributed by atoms with van der Waals surface area (Å²) in [5.41, 5.74) is 3.71. The van der Waals surface area contributed by atoms with Crippen LogP contribution in [-0.2, 0) is 6.42 Å². The van der Waals surface area contributed by atoms with Crippen LogP contribution in [0.5, 0.6) is 5.75 Å². The molecule has 122 valence electrons. The zero-order chi connectivity index (χ0) is 16.4. The molecule has 0 amide bonds. The van der Waals surface area contributed by atoms with Gasteiger partial charge in [0.05, 0.1) is 7.11 Å². The van der Waals surface area contributed by atoms with Crippen LogP contribution in [0, 0.1) is 0 Å². The Morgan fingerprint density at radius 1 is 1.12 bits per heavy atom. The van der Waals surface area contributed by atoms with E-state index in [0.29, 0.717) is 5.25 Å². The van der Waals surface area contributed by atoms with Crippen LogP contribution in [0.15, 0.2) is 53.7 Å². The van der Waals surface area contributed by atoms with Gasteiger partial charge >= 0.3 is 0 Å². The highest BCUT2D eigenvalue weighted by Crippen LogP contribution is 2.43. The van der Waals surface area contributed by atoms with Crippen molar-refractivity contribution in [2.75, 3.05) is 7.11 Å². The lowest BCUT2D eigenvalue weighted by atomic mass is 9.91. The first-order valence-electron chi connectivity index (χ1n) is 8.03. The summed E-state index contributed by atoms with van der Waals surface area (Å²) >= 11 is 1.73. The molecule has 1 aliphatic carbocycles. The average molecular weight is 338 g/mol. The van der Waals surface area contributed by atoms with Crippen LogP contribution in [-0.4, -0.2) is 27.3 Å². The Balaban J connectivity index is 1.67. The number of aryl methyl sites for hydroxylation is 1. The number of rotatable bonds is 4. The lowest BCUT2D eigenvalue weighted by Gasteiger charge is -2.24. The van der Waals surface area contributed by atoms with Crippen LogP contribution in [0.25, 0.3) is 5.69 Å². The van der Waals surface area contributed by atoms with Crippen molar-refractivity contribution in [1.29, 1.82) is 0 Å². The number of tetrazole rings is 1. The Labute approximate surface area is 145 Å². The highest BCUT2D eigenvalue weighted by atomic mass is 32.2. The van der Waals surface area contributed by atoms with Crippen molar-refractivity contribution < 1.29 is 4.74 Å². The fraction of sp³-hybridized carbons (Fsp3) is 0.278. The normalized spacial score (nSPS) is 16.6. The molecule has 2 aromatic carbocycles. The predicted octanol–water partition coefficient (Wildman–Crippen LogP) is 3.84. The molecule has 4 rings (SSSR count). The Morgan fingerprint density at radius 2 is 1.96 bits per heavy atom. The van der Waals surface area contributed by atoms with Crippen LogP contribution in [0.2, 0.25) is 0 Å². The molecule has 0 fully saturated rings. The van der Waals surface area contributed by atoms with E-state index in [2.05, 4.69) is 39.8 Å². The molecular weight excluding hydrogens is 320 g/mol. The Hall–Kier alpha value is -2.34. The van der Waals surface area contributed by atoms with Crippen molar-refractivity contribution in [3.05, 3.63) is 59.7 Å². The van der Waals surface area contributed by atoms with Gasteiger partial charge in [-0.25, -0.2) is 0 Å². The summed E-state index contributed by atoms with van der Waals surface area (Å²) in [6.07, 6.45) is 3.50. The van der Waals surface area contributed by atoms with E-state index in [1.807, 2.05) is 24.3 Å². The van der Waals surface area contributed by atoms with Gasteiger partial charge in [-0.15, -0.1) is 5.10 Å². The predicted molar refractivity (Wildman–Crippen MR) is 93.7 cm³/mol. The summed E-state index contributed by atoms with van der Waals surface area (Å²) in [7, 11) is 1.66. The molecular formula is C18H18N4OS. The summed E-state index contributed by atoms with van der Waals surface area (Å²) < 4.78 is 7.21. The number of nitrogens with zero attached hydrogens (tertiary/aromatic N) is 4. The van der Waals surface area contributed by atoms with Gasteiger partial charge in [-0.1, -0.05) is 48.2 Å². The number of hydrogen-bond acceptors (Lipinski definition) is 5. The van der Waals surface area contributed by atoms with E-state index in [9.17, 15) is 0 Å². The number of ether oxygens (including phenoxy) is 1. The highest BCUT2D eigenvalue weighted by molar-refractivity contribution is 7.99. The highest BCUT2D eigenvalue weighted by Gasteiger charge is 2.24. The van der Waals surface area contributed by atoms with Gasteiger partial charge in [0.15, 0.2) is 0 Å². The third-order valence-electron chi connectivity index (χ3n) is 4.32. The van der Waals surface area contributed by atoms with Crippen molar-refractivity contribution in [3.8, 4) is 11.4 Å². The first-order chi connectivity index (χ1) is 11.9. The molecule has 3 aromatic rings. The van der Waals surface area contributed by atoms with E-state index in [1.165, 1.54) is 17.5 Å². The quantitative estimate of drug-likeness (QED) is 0.723. The molecule has 24 heavy (non-hydrogen) atoms. The van der Waals surface area contributed by atoms with Gasteiger partial charge in [-0.2, -0.15) is 4.68 Å². The minimum Gasteiger partial charge on any atom is -0.494 e. The zero-order valence-electron chi connectivity index (χ0n) is 13.4. The summed E-state index contributed by atoms with van der Waals surface area (Å²) in [5, 5.41) is 13.5. The van der Waals surface area contributed by atoms with E-state index in [1.54, 1.807) is 23.6 Å². The van der Waals surface area contributed by atoms with Crippen molar-refractivity contribution >= 4 is 11.8 Å². The van der Waals surface area contributed by atoms with Crippen molar-refractivity contribution in [2.45, 2.75) is 29.7 Å². The van der Waals surface area contributed by atoms with Gasteiger partial charge in [0.2, 0.25) is 5.16 Å². The summed E-state index contributed by atoms with van der Waals surface area (Å²) in [6, 6.07) is 16.5. The average Bonchev–Trinajstić information content (AvgIpc) is 3.10. The van der Waals surface area contributed by atoms with Crippen molar-refractivity contribution in [2.24, 2.45) is 0 Å². The van der Waals surface area contributed by atoms with Crippen LogP contribution in [0.3, 0.4) is 0 Å². The van der Waals surface area contributed by atoms with Gasteiger partial charge in [-0.05, 0) is 52.9 Å². The molecule has 1 atom stereocenters. The summed E-state index contributed by atoms with van der Waals surface area (Å²) in [4.78, 5) is 0. The smallest absolute Gasteiger partial charge is 0.214 e. The minimum absolute atomic E-state index is 0.384. The van der Waals surface area contributed by atoms with E-state index < -0.39 is 0 Å². The monoisotopic (exact) mass is 338 g/mol. The molecule has 0 bridgehead atoms. The maximum atomic E-state index is 5.44. The number of benzene rings is 2. The SMILES string of the molecule is COc1ccccc1-n1nnnc1S[C@@H]1CCCc2ccccc21. The number of aromatic nitrogens is 4. The molecule has 0 saturated heterocycles. The summed E-state index contributed by atoms with van der Waals surface area (Å²) in [6.45, 7) is 0. The van der Waals surface area contributed by atoms with Crippen LogP contribution in [0.4, 0.5) is 0 Å². The second-order valence-electron chi connectivity index (χ2n) is 5.74. The number of fused-ring (bicyclic) bond motifs is 1. The van der Waals surface area contributed by atoms with Crippen LogP contribution >= 0.6 is 11.8 Å². The van der Waals surface area contributed by atoms with Gasteiger partial charge in [0.1, 0.15) is 11.4 Å². The van der Waals surface area contributed by atoms with E-state index in [4.69, 9.17) is 4.74 Å². The van der Waals surface area contributed by atoms with E-state index in [-0.39, 0.29) is 0 Å². The number of para-hydroxylation sites is 2. The molecule has 0 N–H and O–H groups in total. The van der Waals surface area contributed by atoms with Gasteiger partial charge in [-0.3, -0.25) is 0 Å². The Bertz CT molecular complexity index is 848. The molecule has 5 nitrogen and oxygen atoms in total. The zero-order valence-corrected chi connectivity index (χ0v) is 14.2. The van der Waals surface area contributed by atoms with Gasteiger partial charge in [0.25, 0.3) is 0 Å². The third-order valence-corrected chi connectivity index (χ3v) is 5.56. The van der Waals surface area contributed by atoms with E-state index in [0.717, 1.165) is 29.4 Å². The largest absolute Gasteiger partial charge is 0.494 e. The van der Waals surface area contributed by atoms with Gasteiger partial charge < -0.3 is 4.74 Å². The first-order valence-corrected chi connectivity index (χ1v) is 8.91. The second kappa shape index (κ2) is 6.65. The molecule has 0 saturated carbocycles. The Morgan fingerprint density at radius 3 is 2.88 bits per heavy atom. The summed E-state index contributed by atoms with van der Waals surface area (Å²) in [5.74, 6) is 0.760. The maximum absolute atomic E-state index is 5.44. The minimum atomic E-state index is 0.384. The maximum Gasteiger partial charge on any atom is 0.214 e. The molecule has 0 aliphatic heterocycles. The molecule has 6 heteroatoms. The number of methoxy groups -OCH3 is 1. The fourth-order valence-electron chi connectivity index (χ4n) is 3.17. The van der Waals surface area contributed by atoms with E-state index >= 15 is 0 Å². The van der Waals surface area contributed by atoms with Crippen LogP contribution in [0.1, 0.15) is 29.2 Å². The molecule has 0 spiro atoms. The lowest BCUT2D eigenvalue weighted by molar-refractivity contribution is 0.410. The fourth-order valence-corrected chi connectivity index (χ4v) is 4.38. The molecule has 1 aromatic heterocycles. The van der Waals surface area contributed by atoms with Crippen molar-refractivity contribution in [1.82, 2.24) is 20.2 Å². The molecule has 1 heterocycles. The molecule has 1 aliphatic rings. The number of hydrogen-bond donors (Lipinski definition) is 0. The lowest BCUT2D eigenvalue weighted by Crippen LogP contribution is -2.08. The molecule has 0 radical (unpaired) electrons. The third kappa shape index (κ3) is 2.78. The van der Waals surface area contributed by atoms with Gasteiger partial charge in [0, 0.05) is 5.25 Å². The van der Waals surface area contributed by atoms with Crippen molar-refractivity contribution in [3.63, 3.8) is 0 Å². The van der Waals surface area contributed by atoms with Crippen LogP contribution < -0.4 is 4.74 Å². The molecule has 0 unspecified atom stereocenters. The second-order valence-corrected chi connectivity index (χ2v) is 6.91. The Kier molecular flexibility index (Phi) is 4.21. The number of thioether (sulfide) groups is 1. The first kappa shape index (κ1) is 15.2. The topological polar surface area (TPSA) is 52.8 Å². The standard InChI is InChI=1S/C18H18N4OS/c1-23-16-11-5-4-10-15(16)22-18(19-20-21-22)24-17-12-6-8-13-7-2-3-9-14(13)17/h2-5,7,9-11,17H,6,8,12H2,1H3/t17-/m1/s1.